The van der Waals surface area contributed by atoms with Gasteiger partial charge in [0.2, 0.25) is 0 Å². The van der Waals surface area contributed by atoms with E-state index < -0.39 is 23.7 Å². The summed E-state index contributed by atoms with van der Waals surface area (Å²) < 4.78 is 15.5. The summed E-state index contributed by atoms with van der Waals surface area (Å²) >= 11 is 0. The number of hydrogen-bond donors (Lipinski definition) is 2. The van der Waals surface area contributed by atoms with Crippen LogP contribution in [0, 0.1) is 13.8 Å². The van der Waals surface area contributed by atoms with Crippen molar-refractivity contribution in [1.82, 2.24) is 14.8 Å². The van der Waals surface area contributed by atoms with Gasteiger partial charge in [0, 0.05) is 37.4 Å². The van der Waals surface area contributed by atoms with Crippen LogP contribution in [0.5, 0.6) is 5.75 Å². The molecule has 2 N–H and O–H groups in total. The van der Waals surface area contributed by atoms with E-state index in [9.17, 15) is 19.5 Å². The van der Waals surface area contributed by atoms with Crippen LogP contribution in [0.25, 0.3) is 5.76 Å². The molecule has 192 valence electrons. The molecule has 10 heteroatoms. The third kappa shape index (κ3) is 4.61. The third-order valence-corrected chi connectivity index (χ3v) is 6.80. The van der Waals surface area contributed by atoms with Gasteiger partial charge >= 0.3 is 5.97 Å². The largest absolute Gasteiger partial charge is 0.507 e. The number of hydrogen-bond acceptors (Lipinski definition) is 8. The van der Waals surface area contributed by atoms with Crippen molar-refractivity contribution in [2.45, 2.75) is 19.9 Å². The number of methoxy groups -OCH3 is 2. The number of Topliss-reactive ketones (excluding diaryl/α,β-unsaturated/α-hetero) is 1. The summed E-state index contributed by atoms with van der Waals surface area (Å²) in [5, 5.41) is 11.5. The minimum Gasteiger partial charge on any atom is -0.507 e. The summed E-state index contributed by atoms with van der Waals surface area (Å²) in [6.07, 6.45) is 0. The van der Waals surface area contributed by atoms with Crippen LogP contribution < -0.4 is 4.74 Å². The van der Waals surface area contributed by atoms with Crippen LogP contribution in [0.15, 0.2) is 29.8 Å². The molecule has 1 amide bonds. The molecule has 1 aromatic heterocycles. The predicted octanol–water partition coefficient (Wildman–Crippen LogP) is 2.18. The summed E-state index contributed by atoms with van der Waals surface area (Å²) in [7, 11) is 2.82. The summed E-state index contributed by atoms with van der Waals surface area (Å²) in [4.78, 5) is 45.4. The molecule has 1 atom stereocenters. The lowest BCUT2D eigenvalue weighted by Crippen LogP contribution is -2.42. The normalized spacial score (nSPS) is 20.1. The molecular formula is C26H31N3O7. The van der Waals surface area contributed by atoms with E-state index in [1.54, 1.807) is 45.2 Å². The zero-order valence-corrected chi connectivity index (χ0v) is 20.9. The highest BCUT2D eigenvalue weighted by atomic mass is 16.5. The minimum atomic E-state index is -0.799. The first-order valence-electron chi connectivity index (χ1n) is 11.8. The van der Waals surface area contributed by atoms with Gasteiger partial charge in [-0.2, -0.15) is 0 Å². The van der Waals surface area contributed by atoms with Crippen molar-refractivity contribution < 1.29 is 33.7 Å². The van der Waals surface area contributed by atoms with Crippen molar-refractivity contribution in [3.05, 3.63) is 57.9 Å². The number of aliphatic hydroxyl groups excluding tert-OH is 1. The predicted molar refractivity (Wildman–Crippen MR) is 131 cm³/mol. The Morgan fingerprint density at radius 2 is 1.78 bits per heavy atom. The van der Waals surface area contributed by atoms with Gasteiger partial charge in [-0.05, 0) is 37.1 Å². The van der Waals surface area contributed by atoms with Crippen molar-refractivity contribution >= 4 is 23.4 Å². The van der Waals surface area contributed by atoms with Crippen LogP contribution in [0.1, 0.15) is 38.9 Å². The number of aromatic amines is 1. The second kappa shape index (κ2) is 10.5. The fraction of sp³-hybridized carbons (Fsp3) is 0.423. The fourth-order valence-electron chi connectivity index (χ4n) is 4.86. The van der Waals surface area contributed by atoms with E-state index in [-0.39, 0.29) is 17.0 Å². The topological polar surface area (TPSA) is 121 Å². The third-order valence-electron chi connectivity index (χ3n) is 6.80. The van der Waals surface area contributed by atoms with Gasteiger partial charge in [-0.15, -0.1) is 0 Å². The molecule has 0 spiro atoms. The Kier molecular flexibility index (Phi) is 7.46. The number of amides is 1. The number of nitrogens with one attached hydrogen (secondary N) is 1. The fourth-order valence-corrected chi connectivity index (χ4v) is 4.86. The summed E-state index contributed by atoms with van der Waals surface area (Å²) in [6, 6.07) is 6.26. The van der Waals surface area contributed by atoms with Crippen molar-refractivity contribution in [3.63, 3.8) is 0 Å². The molecule has 36 heavy (non-hydrogen) atoms. The Morgan fingerprint density at radius 3 is 2.39 bits per heavy atom. The van der Waals surface area contributed by atoms with Gasteiger partial charge in [-0.3, -0.25) is 14.5 Å². The molecule has 0 aliphatic carbocycles. The second-order valence-corrected chi connectivity index (χ2v) is 8.84. The lowest BCUT2D eigenvalue weighted by Gasteiger charge is -2.31. The highest BCUT2D eigenvalue weighted by Gasteiger charge is 2.46. The first-order valence-corrected chi connectivity index (χ1v) is 11.8. The number of aromatic nitrogens is 1. The lowest BCUT2D eigenvalue weighted by atomic mass is 9.94. The number of rotatable bonds is 7. The van der Waals surface area contributed by atoms with Crippen LogP contribution in [0.3, 0.4) is 0 Å². The number of benzene rings is 1. The summed E-state index contributed by atoms with van der Waals surface area (Å²) in [5.41, 5.74) is 2.05. The highest BCUT2D eigenvalue weighted by Crippen LogP contribution is 2.41. The summed E-state index contributed by atoms with van der Waals surface area (Å²) in [5.74, 6) is -1.74. The van der Waals surface area contributed by atoms with Crippen LogP contribution in [-0.2, 0) is 19.1 Å². The molecule has 1 unspecified atom stereocenters. The van der Waals surface area contributed by atoms with Gasteiger partial charge in [0.25, 0.3) is 11.7 Å². The zero-order valence-electron chi connectivity index (χ0n) is 20.9. The molecule has 3 heterocycles. The van der Waals surface area contributed by atoms with E-state index in [2.05, 4.69) is 9.88 Å². The maximum atomic E-state index is 13.3. The van der Waals surface area contributed by atoms with Crippen molar-refractivity contribution in [1.29, 1.82) is 0 Å². The average molecular weight is 498 g/mol. The number of nitrogens with zero attached hydrogens (tertiary/aromatic N) is 2. The van der Waals surface area contributed by atoms with Gasteiger partial charge in [-0.25, -0.2) is 4.79 Å². The van der Waals surface area contributed by atoms with Crippen LogP contribution >= 0.6 is 0 Å². The number of esters is 1. The molecular weight excluding hydrogens is 466 g/mol. The molecule has 2 fully saturated rings. The molecule has 1 aromatic carbocycles. The van der Waals surface area contributed by atoms with E-state index in [0.29, 0.717) is 54.4 Å². The number of aryl methyl sites for hydroxylation is 1. The monoisotopic (exact) mass is 497 g/mol. The maximum absolute atomic E-state index is 13.3. The maximum Gasteiger partial charge on any atom is 0.354 e. The van der Waals surface area contributed by atoms with Crippen molar-refractivity contribution in [2.75, 3.05) is 53.6 Å². The Balaban J connectivity index is 1.80. The van der Waals surface area contributed by atoms with Crippen LogP contribution in [0.2, 0.25) is 0 Å². The van der Waals surface area contributed by atoms with Gasteiger partial charge < -0.3 is 29.2 Å². The number of H-pyrrole nitrogens is 1. The summed E-state index contributed by atoms with van der Waals surface area (Å²) in [6.45, 7) is 6.94. The molecule has 10 nitrogen and oxygen atoms in total. The molecule has 2 aliphatic rings. The Bertz CT molecular complexity index is 1190. The molecule has 0 radical (unpaired) electrons. The van der Waals surface area contributed by atoms with Crippen LogP contribution in [-0.4, -0.2) is 91.2 Å². The standard InChI is InChI=1S/C26H31N3O7/c1-15-19(16(2)27-21(15)26(33)35-4)23(30)20-22(17-5-7-18(34-3)8-6-17)29(25(32)24(20)31)10-9-28-11-13-36-14-12-28/h5-8,22,27,30H,9-14H2,1-4H3. The van der Waals surface area contributed by atoms with E-state index >= 15 is 0 Å². The van der Waals surface area contributed by atoms with Crippen molar-refractivity contribution in [2.24, 2.45) is 0 Å². The number of ether oxygens (including phenoxy) is 3. The zero-order chi connectivity index (χ0) is 26.0. The number of ketones is 1. The average Bonchev–Trinajstić information content (AvgIpc) is 3.34. The number of likely N-dealkylation sites (tertiary alicyclic amines) is 1. The molecule has 2 aliphatic heterocycles. The Labute approximate surface area is 209 Å². The Hall–Kier alpha value is -3.63. The number of carbonyl (C=O) groups is 3. The molecule has 0 saturated carbocycles. The van der Waals surface area contributed by atoms with E-state index in [0.717, 1.165) is 13.1 Å². The minimum absolute atomic E-state index is 0.0197. The highest BCUT2D eigenvalue weighted by molar-refractivity contribution is 6.46. The molecule has 2 saturated heterocycles. The van der Waals surface area contributed by atoms with Gasteiger partial charge in [0.05, 0.1) is 39.0 Å². The molecule has 4 rings (SSSR count). The number of carbonyl (C=O) groups excluding carboxylic acids is 3. The molecule has 0 bridgehead atoms. The van der Waals surface area contributed by atoms with Gasteiger partial charge in [0.15, 0.2) is 0 Å². The smallest absolute Gasteiger partial charge is 0.354 e. The number of aliphatic hydroxyl groups is 1. The molecule has 2 aromatic rings. The van der Waals surface area contributed by atoms with E-state index in [1.807, 2.05) is 0 Å². The van der Waals surface area contributed by atoms with Gasteiger partial charge in [0.1, 0.15) is 17.2 Å². The SMILES string of the molecule is COC(=O)c1[nH]c(C)c(C(O)=C2C(=O)C(=O)N(CCN3CCOCC3)C2c2ccc(OC)cc2)c1C. The first-order chi connectivity index (χ1) is 17.3. The van der Waals surface area contributed by atoms with Crippen molar-refractivity contribution in [3.8, 4) is 5.75 Å². The lowest BCUT2D eigenvalue weighted by molar-refractivity contribution is -0.140. The second-order valence-electron chi connectivity index (χ2n) is 8.84. The van der Waals surface area contributed by atoms with E-state index in [1.165, 1.54) is 12.0 Å². The Morgan fingerprint density at radius 1 is 1.11 bits per heavy atom. The van der Waals surface area contributed by atoms with Gasteiger partial charge in [-0.1, -0.05) is 12.1 Å². The first kappa shape index (κ1) is 25.5. The van der Waals surface area contributed by atoms with Crippen LogP contribution in [0.4, 0.5) is 0 Å². The number of morpholine rings is 1. The van der Waals surface area contributed by atoms with E-state index in [4.69, 9.17) is 14.2 Å². The quantitative estimate of drug-likeness (QED) is 0.258.